The van der Waals surface area contributed by atoms with E-state index in [2.05, 4.69) is 20.4 Å². The molecule has 0 saturated carbocycles. The third-order valence-electron chi connectivity index (χ3n) is 4.35. The van der Waals surface area contributed by atoms with Crippen LogP contribution in [0, 0.1) is 0 Å². The van der Waals surface area contributed by atoms with Crippen molar-refractivity contribution < 1.29 is 18.3 Å². The molecule has 1 amide bonds. The fourth-order valence-electron chi connectivity index (χ4n) is 3.20. The minimum absolute atomic E-state index is 0.0867. The first-order valence-electron chi connectivity index (χ1n) is 7.70. The fraction of sp³-hybridized carbons (Fsp3) is 0.235. The van der Waals surface area contributed by atoms with Crippen molar-refractivity contribution in [3.63, 3.8) is 0 Å². The van der Waals surface area contributed by atoms with E-state index in [0.717, 1.165) is 16.6 Å². The zero-order valence-corrected chi connectivity index (χ0v) is 13.2. The number of benzene rings is 2. The maximum Gasteiger partial charge on any atom is 0.387 e. The second kappa shape index (κ2) is 5.80. The van der Waals surface area contributed by atoms with E-state index in [1.165, 1.54) is 12.1 Å². The van der Waals surface area contributed by atoms with E-state index in [4.69, 9.17) is 0 Å². The van der Waals surface area contributed by atoms with Gasteiger partial charge in [0.2, 0.25) is 5.91 Å². The summed E-state index contributed by atoms with van der Waals surface area (Å²) < 4.78 is 30.6. The Balaban J connectivity index is 1.77. The molecular weight excluding hydrogens is 330 g/mol. The van der Waals surface area contributed by atoms with Crippen molar-refractivity contribution in [1.82, 2.24) is 15.0 Å². The van der Waals surface area contributed by atoms with Gasteiger partial charge in [-0.25, -0.2) is 4.68 Å². The molecule has 1 N–H and O–H groups in total. The van der Waals surface area contributed by atoms with Gasteiger partial charge in [0, 0.05) is 19.4 Å². The van der Waals surface area contributed by atoms with Crippen molar-refractivity contribution in [2.24, 2.45) is 7.05 Å². The largest absolute Gasteiger partial charge is 0.435 e. The Morgan fingerprint density at radius 2 is 2.00 bits per heavy atom. The number of hydrogen-bond donors (Lipinski definition) is 1. The van der Waals surface area contributed by atoms with E-state index >= 15 is 0 Å². The Morgan fingerprint density at radius 3 is 2.72 bits per heavy atom. The number of amides is 1. The van der Waals surface area contributed by atoms with E-state index in [1.54, 1.807) is 23.9 Å². The van der Waals surface area contributed by atoms with Gasteiger partial charge in [0.1, 0.15) is 11.3 Å². The summed E-state index contributed by atoms with van der Waals surface area (Å²) in [4.78, 5) is 12.2. The van der Waals surface area contributed by atoms with Gasteiger partial charge in [0.05, 0.1) is 11.2 Å². The molecule has 0 fully saturated rings. The van der Waals surface area contributed by atoms with Gasteiger partial charge in [-0.2, -0.15) is 8.78 Å². The maximum atomic E-state index is 12.3. The number of nitrogens with one attached hydrogen (secondary N) is 1. The number of alkyl halides is 2. The van der Waals surface area contributed by atoms with Crippen molar-refractivity contribution in [2.75, 3.05) is 5.32 Å². The lowest BCUT2D eigenvalue weighted by atomic mass is 9.84. The third kappa shape index (κ3) is 2.69. The first kappa shape index (κ1) is 15.5. The second-order valence-electron chi connectivity index (χ2n) is 5.86. The number of hydrogen-bond acceptors (Lipinski definition) is 4. The molecule has 1 atom stereocenters. The summed E-state index contributed by atoms with van der Waals surface area (Å²) in [5, 5.41) is 11.0. The molecule has 3 aromatic rings. The predicted octanol–water partition coefficient (Wildman–Crippen LogP) is 3.04. The molecular formula is C17H14F2N4O2. The zero-order valence-electron chi connectivity index (χ0n) is 13.2. The molecule has 4 rings (SSSR count). The Morgan fingerprint density at radius 1 is 1.24 bits per heavy atom. The highest BCUT2D eigenvalue weighted by Crippen LogP contribution is 2.40. The number of anilines is 1. The molecule has 1 aliphatic rings. The van der Waals surface area contributed by atoms with E-state index < -0.39 is 6.61 Å². The molecule has 0 bridgehead atoms. The van der Waals surface area contributed by atoms with E-state index in [1.807, 2.05) is 12.1 Å². The Bertz CT molecular complexity index is 953. The molecule has 6 nitrogen and oxygen atoms in total. The number of carbonyl (C=O) groups is 1. The summed E-state index contributed by atoms with van der Waals surface area (Å²) in [7, 11) is 1.78. The Hall–Kier alpha value is -3.03. The van der Waals surface area contributed by atoms with Crippen LogP contribution in [0.2, 0.25) is 0 Å². The molecule has 25 heavy (non-hydrogen) atoms. The molecule has 0 radical (unpaired) electrons. The van der Waals surface area contributed by atoms with Gasteiger partial charge in [-0.05, 0) is 29.3 Å². The lowest BCUT2D eigenvalue weighted by molar-refractivity contribution is -0.116. The van der Waals surface area contributed by atoms with Crippen molar-refractivity contribution in [3.8, 4) is 5.75 Å². The lowest BCUT2D eigenvalue weighted by Gasteiger charge is -2.26. The van der Waals surface area contributed by atoms with Crippen LogP contribution >= 0.6 is 0 Å². The molecule has 8 heteroatoms. The van der Waals surface area contributed by atoms with Gasteiger partial charge in [-0.1, -0.05) is 23.4 Å². The normalized spacial score (nSPS) is 16.8. The molecule has 1 unspecified atom stereocenters. The van der Waals surface area contributed by atoms with Crippen LogP contribution in [-0.2, 0) is 11.8 Å². The number of rotatable bonds is 3. The van der Waals surface area contributed by atoms with Crippen molar-refractivity contribution in [2.45, 2.75) is 19.0 Å². The van der Waals surface area contributed by atoms with Crippen LogP contribution in [0.4, 0.5) is 14.5 Å². The van der Waals surface area contributed by atoms with Gasteiger partial charge in [-0.3, -0.25) is 4.79 Å². The average Bonchev–Trinajstić information content (AvgIpc) is 2.96. The summed E-state index contributed by atoms with van der Waals surface area (Å²) >= 11 is 0. The van der Waals surface area contributed by atoms with Gasteiger partial charge >= 0.3 is 6.61 Å². The summed E-state index contributed by atoms with van der Waals surface area (Å²) in [5.41, 5.74) is 3.88. The highest BCUT2D eigenvalue weighted by Gasteiger charge is 2.29. The number of halogens is 2. The van der Waals surface area contributed by atoms with Crippen LogP contribution in [0.25, 0.3) is 11.0 Å². The molecule has 0 aliphatic carbocycles. The molecule has 2 heterocycles. The summed E-state index contributed by atoms with van der Waals surface area (Å²) in [6.07, 6.45) is 0.272. The minimum atomic E-state index is -2.86. The molecule has 1 aromatic heterocycles. The Kier molecular flexibility index (Phi) is 3.60. The van der Waals surface area contributed by atoms with Crippen molar-refractivity contribution >= 4 is 22.6 Å². The average molecular weight is 344 g/mol. The topological polar surface area (TPSA) is 69.0 Å². The SMILES string of the molecule is Cn1nnc2c3c(ccc21)C(c1ccc(OC(F)F)cc1)CC(=O)N3. The zero-order chi connectivity index (χ0) is 17.6. The first-order valence-corrected chi connectivity index (χ1v) is 7.70. The smallest absolute Gasteiger partial charge is 0.387 e. The monoisotopic (exact) mass is 344 g/mol. The van der Waals surface area contributed by atoms with Gasteiger partial charge in [0.15, 0.2) is 0 Å². The van der Waals surface area contributed by atoms with Crippen LogP contribution in [0.3, 0.4) is 0 Å². The van der Waals surface area contributed by atoms with Gasteiger partial charge < -0.3 is 10.1 Å². The summed E-state index contributed by atoms with van der Waals surface area (Å²) in [6, 6.07) is 10.2. The first-order chi connectivity index (χ1) is 12.0. The standard InChI is InChI=1S/C17H14F2N4O2/c1-23-13-7-6-11-12(8-14(24)20-15(11)16(13)21-22-23)9-2-4-10(5-3-9)25-17(18)19/h2-7,12,17H,8H2,1H3,(H,20,24). The highest BCUT2D eigenvalue weighted by atomic mass is 19.3. The Labute approximate surface area is 141 Å². The van der Waals surface area contributed by atoms with E-state index in [0.29, 0.717) is 11.2 Å². The second-order valence-corrected chi connectivity index (χ2v) is 5.86. The third-order valence-corrected chi connectivity index (χ3v) is 4.35. The molecule has 0 spiro atoms. The lowest BCUT2D eigenvalue weighted by Crippen LogP contribution is -2.23. The molecule has 128 valence electrons. The van der Waals surface area contributed by atoms with Gasteiger partial charge in [-0.15, -0.1) is 5.10 Å². The summed E-state index contributed by atoms with van der Waals surface area (Å²) in [6.45, 7) is -2.86. The maximum absolute atomic E-state index is 12.3. The van der Waals surface area contributed by atoms with Crippen LogP contribution in [-0.4, -0.2) is 27.5 Å². The predicted molar refractivity (Wildman–Crippen MR) is 86.7 cm³/mol. The minimum Gasteiger partial charge on any atom is -0.435 e. The van der Waals surface area contributed by atoms with Crippen LogP contribution in [0.5, 0.6) is 5.75 Å². The quantitative estimate of drug-likeness (QED) is 0.793. The number of aryl methyl sites for hydroxylation is 1. The van der Waals surface area contributed by atoms with Crippen molar-refractivity contribution in [1.29, 1.82) is 0 Å². The number of carbonyl (C=O) groups excluding carboxylic acids is 1. The van der Waals surface area contributed by atoms with Crippen LogP contribution in [0.15, 0.2) is 36.4 Å². The molecule has 0 saturated heterocycles. The number of nitrogens with zero attached hydrogens (tertiary/aromatic N) is 3. The van der Waals surface area contributed by atoms with E-state index in [9.17, 15) is 13.6 Å². The molecule has 2 aromatic carbocycles. The number of ether oxygens (including phenoxy) is 1. The van der Waals surface area contributed by atoms with Crippen LogP contribution < -0.4 is 10.1 Å². The van der Waals surface area contributed by atoms with Gasteiger partial charge in [0.25, 0.3) is 0 Å². The van der Waals surface area contributed by atoms with E-state index in [-0.39, 0.29) is 24.0 Å². The fourth-order valence-corrected chi connectivity index (χ4v) is 3.20. The number of fused-ring (bicyclic) bond motifs is 3. The summed E-state index contributed by atoms with van der Waals surface area (Å²) in [5.74, 6) is -0.220. The highest BCUT2D eigenvalue weighted by molar-refractivity contribution is 6.03. The van der Waals surface area contributed by atoms with Crippen LogP contribution in [0.1, 0.15) is 23.5 Å². The van der Waals surface area contributed by atoms with Crippen molar-refractivity contribution in [3.05, 3.63) is 47.5 Å². The number of aromatic nitrogens is 3. The molecule has 1 aliphatic heterocycles.